The number of aliphatic hydroxyl groups is 2. The van der Waals surface area contributed by atoms with E-state index in [9.17, 15) is 31.8 Å². The molecule has 0 aliphatic heterocycles. The summed E-state index contributed by atoms with van der Waals surface area (Å²) < 4.78 is 75.4. The molecular weight excluding hydrogens is 601 g/mol. The van der Waals surface area contributed by atoms with Crippen molar-refractivity contribution in [3.05, 3.63) is 30.3 Å². The minimum Gasteiger partial charge on any atom is -0.390 e. The molecule has 9 heteroatoms. The number of sulfone groups is 1. The first kappa shape index (κ1) is 33.7. The molecule has 5 saturated carbocycles. The molecule has 5 fully saturated rings. The highest BCUT2D eigenvalue weighted by Crippen LogP contribution is 2.69. The van der Waals surface area contributed by atoms with Crippen molar-refractivity contribution in [2.24, 2.45) is 40.4 Å². The Morgan fingerprint density at radius 1 is 0.867 bits per heavy atom. The van der Waals surface area contributed by atoms with Gasteiger partial charge in [-0.25, -0.2) is 8.42 Å². The molecule has 1 aromatic carbocycles. The second kappa shape index (κ2) is 11.8. The third-order valence-electron chi connectivity index (χ3n) is 14.3. The molecule has 5 aliphatic carbocycles. The lowest BCUT2D eigenvalue weighted by Gasteiger charge is -2.62. The van der Waals surface area contributed by atoms with E-state index in [2.05, 4.69) is 13.8 Å². The number of fused-ring (bicyclic) bond motifs is 5. The van der Waals surface area contributed by atoms with E-state index in [0.29, 0.717) is 54.8 Å². The Kier molecular flexibility index (Phi) is 8.82. The summed E-state index contributed by atoms with van der Waals surface area (Å²) in [4.78, 5) is 0.315. The third kappa shape index (κ3) is 5.82. The van der Waals surface area contributed by atoms with Crippen LogP contribution in [-0.2, 0) is 14.6 Å². The van der Waals surface area contributed by atoms with Gasteiger partial charge in [-0.2, -0.15) is 13.2 Å². The molecule has 0 radical (unpaired) electrons. The van der Waals surface area contributed by atoms with Crippen LogP contribution in [0.5, 0.6) is 0 Å². The Morgan fingerprint density at radius 2 is 1.53 bits per heavy atom. The molecule has 0 saturated heterocycles. The van der Waals surface area contributed by atoms with Crippen LogP contribution in [0.15, 0.2) is 35.2 Å². The summed E-state index contributed by atoms with van der Waals surface area (Å²) in [5, 5.41) is 21.6. The van der Waals surface area contributed by atoms with Crippen molar-refractivity contribution >= 4 is 9.84 Å². The Labute approximate surface area is 267 Å². The van der Waals surface area contributed by atoms with Crippen LogP contribution in [0, 0.1) is 40.4 Å². The fourth-order valence-corrected chi connectivity index (χ4v) is 13.4. The molecule has 45 heavy (non-hydrogen) atoms. The number of ether oxygens (including phenoxy) is 1. The molecule has 9 atom stereocenters. The van der Waals surface area contributed by atoms with E-state index in [1.54, 1.807) is 31.4 Å². The van der Waals surface area contributed by atoms with Gasteiger partial charge in [-0.3, -0.25) is 0 Å². The highest BCUT2D eigenvalue weighted by molar-refractivity contribution is 7.92. The maximum absolute atomic E-state index is 14.2. The van der Waals surface area contributed by atoms with Gasteiger partial charge in [-0.1, -0.05) is 32.0 Å². The Balaban J connectivity index is 1.22. The number of rotatable bonds is 7. The SMILES string of the molecule is COC1CCC(O)(CC(CC2CCC3C4CCC5C[C@](O)(C(F)(F)F)CCC5(C)C4CCC23C)S(=O)(=O)c2ccccc2)CC1. The lowest BCUT2D eigenvalue weighted by atomic mass is 9.43. The average Bonchev–Trinajstić information content (AvgIpc) is 3.33. The zero-order valence-electron chi connectivity index (χ0n) is 27.2. The molecule has 5 aliphatic rings. The van der Waals surface area contributed by atoms with Gasteiger partial charge in [0.05, 0.1) is 21.9 Å². The average molecular weight is 655 g/mol. The smallest absolute Gasteiger partial charge is 0.390 e. The van der Waals surface area contributed by atoms with E-state index in [1.165, 1.54) is 0 Å². The monoisotopic (exact) mass is 654 g/mol. The molecule has 0 heterocycles. The zero-order valence-corrected chi connectivity index (χ0v) is 28.0. The summed E-state index contributed by atoms with van der Waals surface area (Å²) in [7, 11) is -2.00. The number of methoxy groups -OCH3 is 1. The predicted octanol–water partition coefficient (Wildman–Crippen LogP) is 7.88. The lowest BCUT2D eigenvalue weighted by molar-refractivity contribution is -0.290. The highest BCUT2D eigenvalue weighted by atomic mass is 32.2. The van der Waals surface area contributed by atoms with Gasteiger partial charge in [0.25, 0.3) is 0 Å². The van der Waals surface area contributed by atoms with Crippen LogP contribution in [0.25, 0.3) is 0 Å². The maximum Gasteiger partial charge on any atom is 0.417 e. The number of hydrogen-bond donors (Lipinski definition) is 2. The Bertz CT molecular complexity index is 1310. The number of hydrogen-bond acceptors (Lipinski definition) is 5. The van der Waals surface area contributed by atoms with Crippen LogP contribution in [0.1, 0.15) is 110 Å². The Morgan fingerprint density at radius 3 is 2.18 bits per heavy atom. The van der Waals surface area contributed by atoms with Gasteiger partial charge in [0.15, 0.2) is 15.4 Å². The van der Waals surface area contributed by atoms with Gasteiger partial charge < -0.3 is 14.9 Å². The molecule has 6 rings (SSSR count). The van der Waals surface area contributed by atoms with Crippen molar-refractivity contribution in [1.29, 1.82) is 0 Å². The zero-order chi connectivity index (χ0) is 32.5. The van der Waals surface area contributed by atoms with Crippen LogP contribution in [0.2, 0.25) is 0 Å². The van der Waals surface area contributed by atoms with Crippen molar-refractivity contribution in [3.63, 3.8) is 0 Å². The van der Waals surface area contributed by atoms with Crippen molar-refractivity contribution in [2.45, 2.75) is 144 Å². The first-order valence-electron chi connectivity index (χ1n) is 17.4. The summed E-state index contributed by atoms with van der Waals surface area (Å²) in [6.45, 7) is 4.55. The van der Waals surface area contributed by atoms with Crippen molar-refractivity contribution in [1.82, 2.24) is 0 Å². The number of halogens is 3. The quantitative estimate of drug-likeness (QED) is 0.313. The molecule has 0 spiro atoms. The summed E-state index contributed by atoms with van der Waals surface area (Å²) >= 11 is 0. The summed E-state index contributed by atoms with van der Waals surface area (Å²) in [5.74, 6) is 1.26. The van der Waals surface area contributed by atoms with Crippen molar-refractivity contribution < 1.29 is 36.5 Å². The molecule has 0 amide bonds. The highest BCUT2D eigenvalue weighted by Gasteiger charge is 2.65. The standard InChI is InChI=1S/C36H53F3O5S/c1-32-16-15-31-29(11-9-25-22-35(41,36(37,38)39)20-19-33(25,31)2)30(32)12-10-24(32)21-28(45(42,43)27-7-5-4-6-8-27)23-34(40)17-13-26(44-3)14-18-34/h4-8,24-26,28-31,40-41H,9-23H2,1-3H3/t24?,25?,26?,28?,29?,30?,31?,32?,33?,34?,35-/m0/s1. The van der Waals surface area contributed by atoms with Crippen LogP contribution >= 0.6 is 0 Å². The molecule has 254 valence electrons. The van der Waals surface area contributed by atoms with Gasteiger partial charge in [0.2, 0.25) is 0 Å². The van der Waals surface area contributed by atoms with Crippen LogP contribution in [0.3, 0.4) is 0 Å². The molecule has 1 aromatic rings. The molecule has 0 aromatic heterocycles. The Hall–Kier alpha value is -1.16. The van der Waals surface area contributed by atoms with Gasteiger partial charge >= 0.3 is 6.18 Å². The first-order valence-corrected chi connectivity index (χ1v) is 18.9. The van der Waals surface area contributed by atoms with Gasteiger partial charge in [0.1, 0.15) is 0 Å². The fraction of sp³-hybridized carbons (Fsp3) is 0.833. The second-order valence-corrected chi connectivity index (χ2v) is 18.5. The van der Waals surface area contributed by atoms with Crippen LogP contribution in [0.4, 0.5) is 13.2 Å². The molecule has 5 nitrogen and oxygen atoms in total. The van der Waals surface area contributed by atoms with Gasteiger partial charge in [0, 0.05) is 7.11 Å². The topological polar surface area (TPSA) is 83.8 Å². The third-order valence-corrected chi connectivity index (χ3v) is 16.5. The number of alkyl halides is 3. The van der Waals surface area contributed by atoms with E-state index in [-0.39, 0.29) is 48.0 Å². The van der Waals surface area contributed by atoms with Crippen molar-refractivity contribution in [3.8, 4) is 0 Å². The normalized spacial score (nSPS) is 44.4. The minimum atomic E-state index is -4.60. The maximum atomic E-state index is 14.2. The lowest BCUT2D eigenvalue weighted by Crippen LogP contribution is -2.59. The van der Waals surface area contributed by atoms with E-state index in [1.807, 2.05) is 6.07 Å². The van der Waals surface area contributed by atoms with Crippen LogP contribution < -0.4 is 0 Å². The van der Waals surface area contributed by atoms with E-state index >= 15 is 0 Å². The molecule has 0 bridgehead atoms. The minimum absolute atomic E-state index is 0.0352. The molecular formula is C36H53F3O5S. The largest absolute Gasteiger partial charge is 0.417 e. The predicted molar refractivity (Wildman–Crippen MR) is 167 cm³/mol. The summed E-state index contributed by atoms with van der Waals surface area (Å²) in [6.07, 6.45) is 4.23. The van der Waals surface area contributed by atoms with E-state index in [0.717, 1.165) is 44.9 Å². The van der Waals surface area contributed by atoms with E-state index in [4.69, 9.17) is 4.74 Å². The van der Waals surface area contributed by atoms with Gasteiger partial charge in [-0.15, -0.1) is 0 Å². The number of benzene rings is 1. The second-order valence-electron chi connectivity index (χ2n) is 16.3. The molecule has 2 N–H and O–H groups in total. The first-order chi connectivity index (χ1) is 21.0. The molecule has 8 unspecified atom stereocenters. The fourth-order valence-electron chi connectivity index (χ4n) is 11.4. The summed E-state index contributed by atoms with van der Waals surface area (Å²) in [6, 6.07) is 8.67. The van der Waals surface area contributed by atoms with Crippen molar-refractivity contribution in [2.75, 3.05) is 7.11 Å². The van der Waals surface area contributed by atoms with Gasteiger partial charge in [-0.05, 0) is 149 Å². The van der Waals surface area contributed by atoms with E-state index < -0.39 is 32.5 Å². The summed E-state index contributed by atoms with van der Waals surface area (Å²) in [5.41, 5.74) is -3.85. The van der Waals surface area contributed by atoms with Crippen LogP contribution in [-0.4, -0.2) is 54.5 Å².